The normalized spacial score (nSPS) is 11.6. The second-order valence-electron chi connectivity index (χ2n) is 7.07. The molecular weight excluding hydrogens is 328 g/mol. The monoisotopic (exact) mass is 358 g/mol. The van der Waals surface area contributed by atoms with E-state index in [2.05, 4.69) is 32.9 Å². The molecule has 0 atom stereocenters. The molecule has 2 aromatic carbocycles. The number of rotatable bonds is 10. The van der Waals surface area contributed by atoms with Crippen molar-refractivity contribution >= 4 is 0 Å². The molecule has 0 saturated heterocycles. The molecule has 0 heterocycles. The number of aliphatic hydroxyl groups excluding tert-OH is 2. The fourth-order valence-electron chi connectivity index (χ4n) is 3.59. The predicted octanol–water partition coefficient (Wildman–Crippen LogP) is 3.78. The molecule has 0 aliphatic heterocycles. The van der Waals surface area contributed by atoms with Gasteiger partial charge in [0.05, 0.1) is 13.2 Å². The zero-order chi connectivity index (χ0) is 19.0. The van der Waals surface area contributed by atoms with Crippen LogP contribution in [0, 0.1) is 5.92 Å². The molecule has 0 fully saturated rings. The highest BCUT2D eigenvalue weighted by Gasteiger charge is 2.35. The topological polar surface area (TPSA) is 58.9 Å². The van der Waals surface area contributed by atoms with E-state index in [1.165, 1.54) is 0 Å². The molecule has 0 amide bonds. The Morgan fingerprint density at radius 1 is 0.808 bits per heavy atom. The van der Waals surface area contributed by atoms with E-state index in [4.69, 9.17) is 19.7 Å². The Morgan fingerprint density at radius 2 is 1.23 bits per heavy atom. The number of aliphatic hydroxyl groups is 2. The molecule has 2 aromatic rings. The first-order valence-corrected chi connectivity index (χ1v) is 9.19. The van der Waals surface area contributed by atoms with Crippen LogP contribution in [0.15, 0.2) is 48.5 Å². The van der Waals surface area contributed by atoms with Crippen molar-refractivity contribution in [3.8, 4) is 11.5 Å². The van der Waals surface area contributed by atoms with Crippen LogP contribution in [0.2, 0.25) is 0 Å². The van der Waals surface area contributed by atoms with Crippen molar-refractivity contribution in [2.45, 2.75) is 32.6 Å². The summed E-state index contributed by atoms with van der Waals surface area (Å²) in [5.41, 5.74) is 1.82. The quantitative estimate of drug-likeness (QED) is 0.679. The van der Waals surface area contributed by atoms with Crippen molar-refractivity contribution in [2.24, 2.45) is 5.92 Å². The largest absolute Gasteiger partial charge is 0.491 e. The van der Waals surface area contributed by atoms with E-state index in [0.717, 1.165) is 29.0 Å². The average molecular weight is 358 g/mol. The van der Waals surface area contributed by atoms with E-state index < -0.39 is 0 Å². The SMILES string of the molecule is CC(C)CC(C)(c1ccccc1OCCO)c1ccccc1OCCO. The molecule has 0 aliphatic carbocycles. The van der Waals surface area contributed by atoms with Gasteiger partial charge in [-0.3, -0.25) is 0 Å². The molecule has 0 spiro atoms. The summed E-state index contributed by atoms with van der Waals surface area (Å²) in [6.45, 7) is 7.08. The fraction of sp³-hybridized carbons (Fsp3) is 0.455. The number of para-hydroxylation sites is 2. The van der Waals surface area contributed by atoms with Crippen molar-refractivity contribution in [3.63, 3.8) is 0 Å². The highest BCUT2D eigenvalue weighted by atomic mass is 16.5. The van der Waals surface area contributed by atoms with E-state index in [0.29, 0.717) is 5.92 Å². The molecule has 0 radical (unpaired) electrons. The van der Waals surface area contributed by atoms with Gasteiger partial charge in [0, 0.05) is 16.5 Å². The van der Waals surface area contributed by atoms with E-state index >= 15 is 0 Å². The maximum Gasteiger partial charge on any atom is 0.123 e. The predicted molar refractivity (Wildman–Crippen MR) is 104 cm³/mol. The third kappa shape index (κ3) is 4.77. The summed E-state index contributed by atoms with van der Waals surface area (Å²) in [6.07, 6.45) is 0.909. The van der Waals surface area contributed by atoms with Crippen molar-refractivity contribution in [1.82, 2.24) is 0 Å². The highest BCUT2D eigenvalue weighted by Crippen LogP contribution is 2.45. The molecule has 4 nitrogen and oxygen atoms in total. The van der Waals surface area contributed by atoms with E-state index in [1.54, 1.807) is 0 Å². The third-order valence-electron chi connectivity index (χ3n) is 4.48. The van der Waals surface area contributed by atoms with Gasteiger partial charge in [-0.15, -0.1) is 0 Å². The van der Waals surface area contributed by atoms with Gasteiger partial charge in [-0.05, 0) is 24.5 Å². The summed E-state index contributed by atoms with van der Waals surface area (Å²) >= 11 is 0. The minimum atomic E-state index is -0.327. The second-order valence-corrected chi connectivity index (χ2v) is 7.07. The van der Waals surface area contributed by atoms with Crippen LogP contribution in [0.3, 0.4) is 0 Å². The lowest BCUT2D eigenvalue weighted by molar-refractivity contribution is 0.195. The number of hydrogen-bond donors (Lipinski definition) is 2. The first-order valence-electron chi connectivity index (χ1n) is 9.19. The Morgan fingerprint density at radius 3 is 1.62 bits per heavy atom. The molecule has 26 heavy (non-hydrogen) atoms. The zero-order valence-electron chi connectivity index (χ0n) is 15.9. The molecule has 0 aliphatic rings. The summed E-state index contributed by atoms with van der Waals surface area (Å²) in [6, 6.07) is 16.0. The van der Waals surface area contributed by atoms with Gasteiger partial charge in [-0.1, -0.05) is 57.2 Å². The average Bonchev–Trinajstić information content (AvgIpc) is 2.64. The molecule has 142 valence electrons. The molecule has 0 unspecified atom stereocenters. The molecular formula is C22H30O4. The minimum Gasteiger partial charge on any atom is -0.491 e. The molecule has 0 saturated carbocycles. The van der Waals surface area contributed by atoms with Crippen LogP contribution in [0.25, 0.3) is 0 Å². The van der Waals surface area contributed by atoms with Gasteiger partial charge >= 0.3 is 0 Å². The lowest BCUT2D eigenvalue weighted by atomic mass is 9.70. The molecule has 0 bridgehead atoms. The zero-order valence-corrected chi connectivity index (χ0v) is 15.9. The van der Waals surface area contributed by atoms with Gasteiger partial charge in [0.25, 0.3) is 0 Å². The maximum atomic E-state index is 9.16. The van der Waals surface area contributed by atoms with Crippen LogP contribution in [0.1, 0.15) is 38.3 Å². The van der Waals surface area contributed by atoms with Gasteiger partial charge in [0.15, 0.2) is 0 Å². The lowest BCUT2D eigenvalue weighted by Gasteiger charge is -2.35. The van der Waals surface area contributed by atoms with Gasteiger partial charge in [-0.2, -0.15) is 0 Å². The Labute approximate surface area is 156 Å². The van der Waals surface area contributed by atoms with Crippen molar-refractivity contribution < 1.29 is 19.7 Å². The lowest BCUT2D eigenvalue weighted by Crippen LogP contribution is -2.28. The van der Waals surface area contributed by atoms with E-state index in [1.807, 2.05) is 36.4 Å². The first kappa shape index (κ1) is 20.3. The van der Waals surface area contributed by atoms with Crippen molar-refractivity contribution in [1.29, 1.82) is 0 Å². The van der Waals surface area contributed by atoms with Crippen LogP contribution >= 0.6 is 0 Å². The minimum absolute atomic E-state index is 0.0224. The number of hydrogen-bond acceptors (Lipinski definition) is 4. The van der Waals surface area contributed by atoms with E-state index in [-0.39, 0.29) is 31.8 Å². The maximum absolute atomic E-state index is 9.16. The van der Waals surface area contributed by atoms with Crippen LogP contribution in [0.5, 0.6) is 11.5 Å². The van der Waals surface area contributed by atoms with Gasteiger partial charge < -0.3 is 19.7 Å². The van der Waals surface area contributed by atoms with E-state index in [9.17, 15) is 0 Å². The van der Waals surface area contributed by atoms with Crippen LogP contribution in [-0.2, 0) is 5.41 Å². The summed E-state index contributed by atoms with van der Waals surface area (Å²) in [7, 11) is 0. The summed E-state index contributed by atoms with van der Waals surface area (Å²) in [4.78, 5) is 0. The summed E-state index contributed by atoms with van der Waals surface area (Å²) < 4.78 is 11.7. The molecule has 4 heteroatoms. The smallest absolute Gasteiger partial charge is 0.123 e. The number of ether oxygens (including phenoxy) is 2. The summed E-state index contributed by atoms with van der Waals surface area (Å²) in [5.74, 6) is 2.01. The fourth-order valence-corrected chi connectivity index (χ4v) is 3.59. The molecule has 2 N–H and O–H groups in total. The third-order valence-corrected chi connectivity index (χ3v) is 4.48. The first-order chi connectivity index (χ1) is 12.5. The van der Waals surface area contributed by atoms with Crippen LogP contribution < -0.4 is 9.47 Å². The molecule has 0 aromatic heterocycles. The van der Waals surface area contributed by atoms with Crippen LogP contribution in [0.4, 0.5) is 0 Å². The van der Waals surface area contributed by atoms with Crippen molar-refractivity contribution in [2.75, 3.05) is 26.4 Å². The Balaban J connectivity index is 2.57. The highest BCUT2D eigenvalue weighted by molar-refractivity contribution is 5.51. The standard InChI is InChI=1S/C22H30O4/c1-17(2)16-22(3,18-8-4-6-10-20(18)25-14-12-23)19-9-5-7-11-21(19)26-15-13-24/h4-11,17,23-24H,12-16H2,1-3H3. The Kier molecular flexibility index (Phi) is 7.49. The second kappa shape index (κ2) is 9.60. The number of benzene rings is 2. The Bertz CT molecular complexity index is 630. The van der Waals surface area contributed by atoms with Gasteiger partial charge in [0.2, 0.25) is 0 Å². The van der Waals surface area contributed by atoms with Crippen molar-refractivity contribution in [3.05, 3.63) is 59.7 Å². The van der Waals surface area contributed by atoms with Gasteiger partial charge in [-0.25, -0.2) is 0 Å². The summed E-state index contributed by atoms with van der Waals surface area (Å²) in [5, 5.41) is 18.3. The Hall–Kier alpha value is -2.04. The van der Waals surface area contributed by atoms with Crippen LogP contribution in [-0.4, -0.2) is 36.6 Å². The molecule has 2 rings (SSSR count). The van der Waals surface area contributed by atoms with Gasteiger partial charge in [0.1, 0.15) is 24.7 Å².